The first-order valence-electron chi connectivity index (χ1n) is 7.82. The van der Waals surface area contributed by atoms with Crippen molar-refractivity contribution in [1.29, 1.82) is 0 Å². The van der Waals surface area contributed by atoms with Crippen LogP contribution in [0.25, 0.3) is 0 Å². The molecule has 0 aromatic heterocycles. The Morgan fingerprint density at radius 3 is 2.59 bits per heavy atom. The van der Waals surface area contributed by atoms with E-state index in [1.54, 1.807) is 0 Å². The number of primary sulfonamides is 1. The van der Waals surface area contributed by atoms with Crippen LogP contribution in [0.5, 0.6) is 0 Å². The van der Waals surface area contributed by atoms with Crippen LogP contribution in [-0.2, 0) is 16.6 Å². The zero-order valence-electron chi connectivity index (χ0n) is 13.5. The lowest BCUT2D eigenvalue weighted by Crippen LogP contribution is -2.49. The summed E-state index contributed by atoms with van der Waals surface area (Å²) in [5, 5.41) is 5.09. The van der Waals surface area contributed by atoms with Gasteiger partial charge in [-0.3, -0.25) is 4.90 Å². The Bertz CT molecular complexity index is 562. The van der Waals surface area contributed by atoms with Gasteiger partial charge in [0, 0.05) is 25.7 Å². The number of nitrogens with two attached hydrogens (primary N) is 1. The average molecular weight is 325 g/mol. The topological polar surface area (TPSA) is 66.6 Å². The smallest absolute Gasteiger partial charge is 0.210 e. The summed E-state index contributed by atoms with van der Waals surface area (Å²) < 4.78 is 22.2. The molecular weight excluding hydrogens is 298 g/mol. The van der Waals surface area contributed by atoms with Crippen molar-refractivity contribution in [2.75, 3.05) is 32.4 Å². The summed E-state index contributed by atoms with van der Waals surface area (Å²) >= 11 is 0. The SMILES string of the molecule is C[C@H]1CN(Cc2ccccc2)CC[C@H]1N(C)CCS(N)(=O)=O. The molecule has 2 rings (SSSR count). The number of hydrogen-bond donors (Lipinski definition) is 1. The molecule has 5 nitrogen and oxygen atoms in total. The first-order valence-corrected chi connectivity index (χ1v) is 9.53. The largest absolute Gasteiger partial charge is 0.302 e. The van der Waals surface area contributed by atoms with Crippen LogP contribution in [-0.4, -0.2) is 56.7 Å². The van der Waals surface area contributed by atoms with Crippen LogP contribution in [0.2, 0.25) is 0 Å². The van der Waals surface area contributed by atoms with Gasteiger partial charge in [-0.05, 0) is 31.5 Å². The van der Waals surface area contributed by atoms with Gasteiger partial charge in [-0.15, -0.1) is 0 Å². The first kappa shape index (κ1) is 17.4. The predicted octanol–water partition coefficient (Wildman–Crippen LogP) is 1.12. The number of hydrogen-bond acceptors (Lipinski definition) is 4. The molecule has 1 heterocycles. The normalized spacial score (nSPS) is 23.8. The highest BCUT2D eigenvalue weighted by molar-refractivity contribution is 7.89. The molecule has 0 saturated carbocycles. The van der Waals surface area contributed by atoms with E-state index in [1.165, 1.54) is 5.56 Å². The highest BCUT2D eigenvalue weighted by Crippen LogP contribution is 2.22. The molecule has 2 atom stereocenters. The molecule has 2 N–H and O–H groups in total. The maximum absolute atomic E-state index is 11.1. The van der Waals surface area contributed by atoms with Gasteiger partial charge >= 0.3 is 0 Å². The number of rotatable bonds is 6. The Morgan fingerprint density at radius 1 is 1.32 bits per heavy atom. The van der Waals surface area contributed by atoms with Gasteiger partial charge < -0.3 is 4.90 Å². The van der Waals surface area contributed by atoms with Crippen molar-refractivity contribution in [3.8, 4) is 0 Å². The lowest BCUT2D eigenvalue weighted by molar-refractivity contribution is 0.0793. The average Bonchev–Trinajstić information content (AvgIpc) is 2.45. The molecule has 0 radical (unpaired) electrons. The maximum atomic E-state index is 11.1. The number of likely N-dealkylation sites (tertiary alicyclic amines) is 1. The molecule has 0 spiro atoms. The van der Waals surface area contributed by atoms with Gasteiger partial charge in [0.15, 0.2) is 0 Å². The van der Waals surface area contributed by atoms with E-state index in [-0.39, 0.29) is 5.75 Å². The van der Waals surface area contributed by atoms with E-state index in [4.69, 9.17) is 5.14 Å². The monoisotopic (exact) mass is 325 g/mol. The third kappa shape index (κ3) is 5.35. The molecule has 1 aliphatic rings. The van der Waals surface area contributed by atoms with Crippen LogP contribution < -0.4 is 5.14 Å². The Hall–Kier alpha value is -0.950. The van der Waals surface area contributed by atoms with E-state index >= 15 is 0 Å². The van der Waals surface area contributed by atoms with Gasteiger partial charge in [0.2, 0.25) is 10.0 Å². The van der Waals surface area contributed by atoms with Gasteiger partial charge in [-0.2, -0.15) is 0 Å². The molecule has 22 heavy (non-hydrogen) atoms. The van der Waals surface area contributed by atoms with Crippen molar-refractivity contribution in [2.24, 2.45) is 11.1 Å². The van der Waals surface area contributed by atoms with Crippen molar-refractivity contribution in [1.82, 2.24) is 9.80 Å². The van der Waals surface area contributed by atoms with Gasteiger partial charge in [-0.25, -0.2) is 13.6 Å². The molecule has 1 fully saturated rings. The lowest BCUT2D eigenvalue weighted by Gasteiger charge is -2.41. The zero-order valence-corrected chi connectivity index (χ0v) is 14.3. The Morgan fingerprint density at radius 2 is 2.00 bits per heavy atom. The zero-order chi connectivity index (χ0) is 16.2. The van der Waals surface area contributed by atoms with E-state index < -0.39 is 10.0 Å². The quantitative estimate of drug-likeness (QED) is 0.851. The molecule has 1 aromatic carbocycles. The van der Waals surface area contributed by atoms with E-state index in [9.17, 15) is 8.42 Å². The molecular formula is C16H27N3O2S. The van der Waals surface area contributed by atoms with Crippen LogP contribution in [0.3, 0.4) is 0 Å². The predicted molar refractivity (Wildman–Crippen MR) is 89.9 cm³/mol. The molecule has 0 aliphatic carbocycles. The van der Waals surface area contributed by atoms with Gasteiger partial charge in [-0.1, -0.05) is 37.3 Å². The molecule has 0 bridgehead atoms. The minimum Gasteiger partial charge on any atom is -0.302 e. The molecule has 124 valence electrons. The van der Waals surface area contributed by atoms with Crippen LogP contribution in [0, 0.1) is 5.92 Å². The third-order valence-electron chi connectivity index (χ3n) is 4.49. The summed E-state index contributed by atoms with van der Waals surface area (Å²) in [4.78, 5) is 4.62. The second-order valence-electron chi connectivity index (χ2n) is 6.40. The van der Waals surface area contributed by atoms with Crippen LogP contribution in [0.1, 0.15) is 18.9 Å². The van der Waals surface area contributed by atoms with E-state index in [2.05, 4.69) is 41.0 Å². The maximum Gasteiger partial charge on any atom is 0.210 e. The second-order valence-corrected chi connectivity index (χ2v) is 8.14. The summed E-state index contributed by atoms with van der Waals surface area (Å²) in [5.74, 6) is 0.545. The number of nitrogens with zero attached hydrogens (tertiary/aromatic N) is 2. The standard InChI is InChI=1S/C16H27N3O2S/c1-14-12-19(13-15-6-4-3-5-7-15)9-8-16(14)18(2)10-11-22(17,20)21/h3-7,14,16H,8-13H2,1-2H3,(H2,17,20,21)/t14-,16+/m0/s1. The fourth-order valence-corrected chi connectivity index (χ4v) is 3.84. The van der Waals surface area contributed by atoms with Gasteiger partial charge in [0.05, 0.1) is 5.75 Å². The van der Waals surface area contributed by atoms with E-state index in [0.29, 0.717) is 18.5 Å². The minimum absolute atomic E-state index is 0.0282. The molecule has 1 aliphatic heterocycles. The minimum atomic E-state index is -3.38. The van der Waals surface area contributed by atoms with Crippen LogP contribution in [0.15, 0.2) is 30.3 Å². The summed E-state index contributed by atoms with van der Waals surface area (Å²) in [6, 6.07) is 10.9. The second kappa shape index (κ2) is 7.55. The molecule has 1 aromatic rings. The highest BCUT2D eigenvalue weighted by Gasteiger charge is 2.29. The number of piperidine rings is 1. The summed E-state index contributed by atoms with van der Waals surface area (Å²) in [6.45, 7) is 5.82. The summed E-state index contributed by atoms with van der Waals surface area (Å²) in [5.41, 5.74) is 1.34. The van der Waals surface area contributed by atoms with Crippen molar-refractivity contribution < 1.29 is 8.42 Å². The lowest BCUT2D eigenvalue weighted by atomic mass is 9.92. The van der Waals surface area contributed by atoms with Gasteiger partial charge in [0.25, 0.3) is 0 Å². The van der Waals surface area contributed by atoms with Crippen molar-refractivity contribution in [3.05, 3.63) is 35.9 Å². The fraction of sp³-hybridized carbons (Fsp3) is 0.625. The van der Waals surface area contributed by atoms with Gasteiger partial charge in [0.1, 0.15) is 0 Å². The molecule has 0 unspecified atom stereocenters. The Kier molecular flexibility index (Phi) is 5.97. The summed E-state index contributed by atoms with van der Waals surface area (Å²) in [6.07, 6.45) is 1.06. The Balaban J connectivity index is 1.84. The van der Waals surface area contributed by atoms with Crippen molar-refractivity contribution >= 4 is 10.0 Å². The third-order valence-corrected chi connectivity index (χ3v) is 5.24. The van der Waals surface area contributed by atoms with E-state index in [0.717, 1.165) is 26.1 Å². The molecule has 1 saturated heterocycles. The fourth-order valence-electron chi connectivity index (χ4n) is 3.30. The molecule has 6 heteroatoms. The van der Waals surface area contributed by atoms with Crippen LogP contribution in [0.4, 0.5) is 0 Å². The highest BCUT2D eigenvalue weighted by atomic mass is 32.2. The number of sulfonamides is 1. The van der Waals surface area contributed by atoms with Crippen LogP contribution >= 0.6 is 0 Å². The van der Waals surface area contributed by atoms with Crippen molar-refractivity contribution in [2.45, 2.75) is 25.9 Å². The Labute approximate surface area is 134 Å². The number of benzene rings is 1. The summed E-state index contributed by atoms with van der Waals surface area (Å²) in [7, 11) is -1.38. The molecule has 0 amide bonds. The van der Waals surface area contributed by atoms with Crippen molar-refractivity contribution in [3.63, 3.8) is 0 Å². The van der Waals surface area contributed by atoms with E-state index in [1.807, 2.05) is 13.1 Å². The first-order chi connectivity index (χ1) is 10.3.